The van der Waals surface area contributed by atoms with E-state index in [0.717, 1.165) is 32.6 Å². The van der Waals surface area contributed by atoms with Crippen LogP contribution in [0.5, 0.6) is 0 Å². The maximum absolute atomic E-state index is 9.71. The summed E-state index contributed by atoms with van der Waals surface area (Å²) < 4.78 is 0. The number of piperidine rings is 1. The fourth-order valence-corrected chi connectivity index (χ4v) is 5.37. The molecule has 2 heterocycles. The Balaban J connectivity index is 1.41. The second kappa shape index (κ2) is 9.57. The van der Waals surface area contributed by atoms with Crippen molar-refractivity contribution in [2.45, 2.75) is 57.8 Å². The van der Waals surface area contributed by atoms with Crippen molar-refractivity contribution >= 4 is 10.8 Å². The summed E-state index contributed by atoms with van der Waals surface area (Å²) in [5.41, 5.74) is 1.42. The molecule has 2 aliphatic rings. The largest absolute Gasteiger partial charge is 0.396 e. The third kappa shape index (κ3) is 4.83. The van der Waals surface area contributed by atoms with Gasteiger partial charge in [-0.3, -0.25) is 9.80 Å². The molecule has 2 fully saturated rings. The van der Waals surface area contributed by atoms with Gasteiger partial charge in [-0.25, -0.2) is 0 Å². The number of fused-ring (bicyclic) bond motifs is 1. The highest BCUT2D eigenvalue weighted by Gasteiger charge is 2.33. The number of hydrogen-bond donors (Lipinski definition) is 1. The van der Waals surface area contributed by atoms with Crippen LogP contribution in [-0.2, 0) is 6.54 Å². The molecule has 4 rings (SSSR count). The van der Waals surface area contributed by atoms with Crippen molar-refractivity contribution in [2.75, 3.05) is 39.3 Å². The molecule has 0 amide bonds. The van der Waals surface area contributed by atoms with E-state index < -0.39 is 0 Å². The number of aliphatic hydroxyl groups excluding tert-OH is 1. The van der Waals surface area contributed by atoms with Crippen LogP contribution in [0.4, 0.5) is 0 Å². The summed E-state index contributed by atoms with van der Waals surface area (Å²) in [6, 6.07) is 17.2. The normalized spacial score (nSPS) is 23.2. The molecule has 2 aromatic rings. The van der Waals surface area contributed by atoms with Gasteiger partial charge in [0.25, 0.3) is 0 Å². The van der Waals surface area contributed by atoms with Crippen molar-refractivity contribution in [1.29, 1.82) is 0 Å². The molecule has 0 spiro atoms. The molecule has 4 nitrogen and oxygen atoms in total. The van der Waals surface area contributed by atoms with Crippen LogP contribution in [0.25, 0.3) is 10.8 Å². The number of hydrogen-bond acceptors (Lipinski definition) is 4. The molecule has 0 aromatic heterocycles. The second-order valence-electron chi connectivity index (χ2n) is 9.14. The first kappa shape index (κ1) is 20.8. The highest BCUT2D eigenvalue weighted by molar-refractivity contribution is 5.85. The van der Waals surface area contributed by atoms with Crippen molar-refractivity contribution in [2.24, 2.45) is 0 Å². The summed E-state index contributed by atoms with van der Waals surface area (Å²) in [6.07, 6.45) is 3.42. The highest BCUT2D eigenvalue weighted by Crippen LogP contribution is 2.26. The van der Waals surface area contributed by atoms with Crippen LogP contribution in [0.15, 0.2) is 42.5 Å². The van der Waals surface area contributed by atoms with Crippen LogP contribution < -0.4 is 0 Å². The van der Waals surface area contributed by atoms with Gasteiger partial charge >= 0.3 is 0 Å². The van der Waals surface area contributed by atoms with Crippen molar-refractivity contribution in [3.8, 4) is 0 Å². The molecule has 4 heteroatoms. The van der Waals surface area contributed by atoms with Crippen LogP contribution in [-0.4, -0.2) is 77.3 Å². The van der Waals surface area contributed by atoms with E-state index in [0.29, 0.717) is 18.1 Å². The number of piperazine rings is 1. The van der Waals surface area contributed by atoms with Gasteiger partial charge < -0.3 is 10.0 Å². The minimum atomic E-state index is 0.286. The van der Waals surface area contributed by atoms with Gasteiger partial charge in [-0.2, -0.15) is 0 Å². The number of nitrogens with zero attached hydrogens (tertiary/aromatic N) is 3. The third-order valence-electron chi connectivity index (χ3n) is 7.05. The van der Waals surface area contributed by atoms with E-state index in [4.69, 9.17) is 0 Å². The van der Waals surface area contributed by atoms with Gasteiger partial charge in [0, 0.05) is 50.9 Å². The van der Waals surface area contributed by atoms with Crippen LogP contribution in [0.3, 0.4) is 0 Å². The molecule has 0 saturated carbocycles. The van der Waals surface area contributed by atoms with E-state index in [1.165, 1.54) is 42.3 Å². The number of benzene rings is 2. The van der Waals surface area contributed by atoms with Crippen LogP contribution in [0.2, 0.25) is 0 Å². The van der Waals surface area contributed by atoms with Crippen LogP contribution in [0.1, 0.15) is 38.7 Å². The lowest BCUT2D eigenvalue weighted by atomic mass is 9.97. The maximum Gasteiger partial charge on any atom is 0.0446 e. The first-order valence-corrected chi connectivity index (χ1v) is 11.5. The van der Waals surface area contributed by atoms with E-state index in [1.54, 1.807) is 0 Å². The minimum Gasteiger partial charge on any atom is -0.396 e. The first-order valence-electron chi connectivity index (χ1n) is 11.5. The first-order chi connectivity index (χ1) is 14.2. The molecular weight excluding hydrogens is 358 g/mol. The quantitative estimate of drug-likeness (QED) is 0.810. The van der Waals surface area contributed by atoms with E-state index in [1.807, 2.05) is 0 Å². The lowest BCUT2D eigenvalue weighted by molar-refractivity contribution is 0.0000751. The lowest BCUT2D eigenvalue weighted by Crippen LogP contribution is -2.58. The van der Waals surface area contributed by atoms with Crippen molar-refractivity contribution in [3.63, 3.8) is 0 Å². The van der Waals surface area contributed by atoms with Crippen molar-refractivity contribution < 1.29 is 5.11 Å². The zero-order valence-corrected chi connectivity index (χ0v) is 18.1. The molecule has 2 saturated heterocycles. The summed E-state index contributed by atoms with van der Waals surface area (Å²) in [6.45, 7) is 11.6. The lowest BCUT2D eigenvalue weighted by Gasteiger charge is -2.48. The van der Waals surface area contributed by atoms with Gasteiger partial charge in [0.05, 0.1) is 0 Å². The summed E-state index contributed by atoms with van der Waals surface area (Å²) in [7, 11) is 0. The fourth-order valence-electron chi connectivity index (χ4n) is 5.37. The smallest absolute Gasteiger partial charge is 0.0446 e. The fraction of sp³-hybridized carbons (Fsp3) is 0.600. The Labute approximate surface area is 176 Å². The number of likely N-dealkylation sites (tertiary alicyclic amines) is 1. The topological polar surface area (TPSA) is 30.0 Å². The Hall–Kier alpha value is -1.46. The average molecular weight is 396 g/mol. The van der Waals surface area contributed by atoms with Gasteiger partial charge in [-0.15, -0.1) is 0 Å². The molecular formula is C25H37N3O. The molecule has 0 radical (unpaired) electrons. The Morgan fingerprint density at radius 2 is 1.72 bits per heavy atom. The molecule has 1 N–H and O–H groups in total. The summed E-state index contributed by atoms with van der Waals surface area (Å²) >= 11 is 0. The predicted molar refractivity (Wildman–Crippen MR) is 121 cm³/mol. The number of rotatable bonds is 6. The van der Waals surface area contributed by atoms with E-state index >= 15 is 0 Å². The molecule has 0 bridgehead atoms. The summed E-state index contributed by atoms with van der Waals surface area (Å²) in [4.78, 5) is 7.93. The third-order valence-corrected chi connectivity index (χ3v) is 7.05. The number of aliphatic hydroxyl groups is 1. The Bertz CT molecular complexity index is 779. The molecule has 1 unspecified atom stereocenters. The standard InChI is InChI=1S/C25H37N3O/c1-20(2)27-13-10-23(11-14-27)28-16-15-26(19-24(28)12-17-29)18-22-8-5-7-21-6-3-4-9-25(21)22/h3-9,20,23-24,29H,10-19H2,1-2H3. The van der Waals surface area contributed by atoms with Crippen molar-refractivity contribution in [3.05, 3.63) is 48.0 Å². The SMILES string of the molecule is CC(C)N1CCC(N2CCN(Cc3cccc4ccccc34)CC2CCO)CC1. The molecule has 158 valence electrons. The monoisotopic (exact) mass is 395 g/mol. The summed E-state index contributed by atoms with van der Waals surface area (Å²) in [5.74, 6) is 0. The van der Waals surface area contributed by atoms with Gasteiger partial charge in [0.2, 0.25) is 0 Å². The second-order valence-corrected chi connectivity index (χ2v) is 9.14. The molecule has 2 aliphatic heterocycles. The molecule has 1 atom stereocenters. The van der Waals surface area contributed by atoms with E-state index in [2.05, 4.69) is 71.0 Å². The zero-order chi connectivity index (χ0) is 20.2. The van der Waals surface area contributed by atoms with Crippen molar-refractivity contribution in [1.82, 2.24) is 14.7 Å². The van der Waals surface area contributed by atoms with E-state index in [9.17, 15) is 5.11 Å². The Morgan fingerprint density at radius 3 is 2.48 bits per heavy atom. The minimum absolute atomic E-state index is 0.286. The summed E-state index contributed by atoms with van der Waals surface area (Å²) in [5, 5.41) is 12.4. The van der Waals surface area contributed by atoms with Crippen LogP contribution >= 0.6 is 0 Å². The molecule has 2 aromatic carbocycles. The zero-order valence-electron chi connectivity index (χ0n) is 18.1. The average Bonchev–Trinajstić information content (AvgIpc) is 2.75. The van der Waals surface area contributed by atoms with E-state index in [-0.39, 0.29) is 6.61 Å². The van der Waals surface area contributed by atoms with Gasteiger partial charge in [0.15, 0.2) is 0 Å². The molecule has 29 heavy (non-hydrogen) atoms. The Morgan fingerprint density at radius 1 is 0.966 bits per heavy atom. The Kier molecular flexibility index (Phi) is 6.86. The maximum atomic E-state index is 9.71. The van der Waals surface area contributed by atoms with Gasteiger partial charge in [-0.05, 0) is 62.5 Å². The van der Waals surface area contributed by atoms with Crippen LogP contribution in [0, 0.1) is 0 Å². The highest BCUT2D eigenvalue weighted by atomic mass is 16.3. The molecule has 0 aliphatic carbocycles. The predicted octanol–water partition coefficient (Wildman–Crippen LogP) is 3.58. The van der Waals surface area contributed by atoms with Gasteiger partial charge in [-0.1, -0.05) is 42.5 Å². The van der Waals surface area contributed by atoms with Gasteiger partial charge in [0.1, 0.15) is 0 Å².